The van der Waals surface area contributed by atoms with Crippen LogP contribution in [0.25, 0.3) is 11.6 Å². The van der Waals surface area contributed by atoms with Crippen molar-refractivity contribution in [3.8, 4) is 17.3 Å². The first kappa shape index (κ1) is 17.7. The summed E-state index contributed by atoms with van der Waals surface area (Å²) in [6.07, 6.45) is 1.61. The van der Waals surface area contributed by atoms with Gasteiger partial charge in [0.1, 0.15) is 12.4 Å². The molecule has 29 heavy (non-hydrogen) atoms. The average Bonchev–Trinajstić information content (AvgIpc) is 3.42. The second-order valence-corrected chi connectivity index (χ2v) is 7.24. The van der Waals surface area contributed by atoms with Gasteiger partial charge in [-0.1, -0.05) is 47.6 Å². The highest BCUT2D eigenvalue weighted by molar-refractivity contribution is 5.44. The van der Waals surface area contributed by atoms with Crippen LogP contribution in [0.5, 0.6) is 5.75 Å². The summed E-state index contributed by atoms with van der Waals surface area (Å²) in [5, 5.41) is 4.01. The van der Waals surface area contributed by atoms with Crippen LogP contribution in [-0.4, -0.2) is 28.1 Å². The van der Waals surface area contributed by atoms with Crippen LogP contribution in [0.1, 0.15) is 22.9 Å². The molecule has 0 aliphatic carbocycles. The Morgan fingerprint density at radius 2 is 1.76 bits per heavy atom. The van der Waals surface area contributed by atoms with E-state index in [4.69, 9.17) is 13.7 Å². The van der Waals surface area contributed by atoms with Gasteiger partial charge < -0.3 is 13.7 Å². The number of nitrogens with zero attached hydrogens (tertiary/aromatic N) is 3. The summed E-state index contributed by atoms with van der Waals surface area (Å²) >= 11 is 0. The highest BCUT2D eigenvalue weighted by Crippen LogP contribution is 2.29. The molecule has 2 aromatic carbocycles. The van der Waals surface area contributed by atoms with Crippen molar-refractivity contribution in [3.05, 3.63) is 90.0 Å². The molecule has 0 spiro atoms. The first-order valence-corrected chi connectivity index (χ1v) is 9.69. The summed E-state index contributed by atoms with van der Waals surface area (Å²) in [5.41, 5.74) is 2.43. The molecular weight excluding hydrogens is 366 g/mol. The third kappa shape index (κ3) is 4.07. The fourth-order valence-corrected chi connectivity index (χ4v) is 3.45. The minimum absolute atomic E-state index is 0.277. The normalized spacial score (nSPS) is 14.6. The largest absolute Gasteiger partial charge is 0.489 e. The molecule has 2 aromatic heterocycles. The molecule has 6 heteroatoms. The SMILES string of the molecule is c1ccc(COc2ccc(CN3CC(c4nc(-c5ccco5)no4)C3)cc2)cc1. The van der Waals surface area contributed by atoms with Gasteiger partial charge in [0.15, 0.2) is 5.76 Å². The van der Waals surface area contributed by atoms with Crippen LogP contribution in [0, 0.1) is 0 Å². The van der Waals surface area contributed by atoms with Crippen LogP contribution in [0.4, 0.5) is 0 Å². The van der Waals surface area contributed by atoms with Crippen LogP contribution in [0.2, 0.25) is 0 Å². The number of hydrogen-bond acceptors (Lipinski definition) is 6. The van der Waals surface area contributed by atoms with Crippen molar-refractivity contribution in [1.29, 1.82) is 0 Å². The van der Waals surface area contributed by atoms with E-state index in [0.717, 1.165) is 25.4 Å². The molecule has 1 saturated heterocycles. The molecule has 0 radical (unpaired) electrons. The van der Waals surface area contributed by atoms with Gasteiger partial charge in [-0.25, -0.2) is 0 Å². The molecule has 0 saturated carbocycles. The van der Waals surface area contributed by atoms with Gasteiger partial charge in [-0.15, -0.1) is 0 Å². The van der Waals surface area contributed by atoms with Crippen LogP contribution >= 0.6 is 0 Å². The van der Waals surface area contributed by atoms with Gasteiger partial charge in [0.05, 0.1) is 12.2 Å². The molecule has 0 N–H and O–H groups in total. The van der Waals surface area contributed by atoms with Crippen LogP contribution in [0.15, 0.2) is 81.9 Å². The zero-order valence-electron chi connectivity index (χ0n) is 15.9. The van der Waals surface area contributed by atoms with Gasteiger partial charge in [0, 0.05) is 19.6 Å². The highest BCUT2D eigenvalue weighted by Gasteiger charge is 2.32. The summed E-state index contributed by atoms with van der Waals surface area (Å²) in [6, 6.07) is 22.1. The number of aromatic nitrogens is 2. The fourth-order valence-electron chi connectivity index (χ4n) is 3.45. The molecule has 1 fully saturated rings. The van der Waals surface area contributed by atoms with Gasteiger partial charge in [-0.05, 0) is 35.4 Å². The van der Waals surface area contributed by atoms with Crippen molar-refractivity contribution in [2.45, 2.75) is 19.1 Å². The molecule has 1 aliphatic heterocycles. The predicted octanol–water partition coefficient (Wildman–Crippen LogP) is 4.51. The molecule has 0 unspecified atom stereocenters. The number of benzene rings is 2. The summed E-state index contributed by atoms with van der Waals surface area (Å²) in [5.74, 6) is 2.98. The fraction of sp³-hybridized carbons (Fsp3) is 0.217. The number of furan rings is 1. The third-order valence-corrected chi connectivity index (χ3v) is 5.07. The third-order valence-electron chi connectivity index (χ3n) is 5.07. The smallest absolute Gasteiger partial charge is 0.238 e. The van der Waals surface area contributed by atoms with E-state index in [-0.39, 0.29) is 5.92 Å². The molecule has 5 rings (SSSR count). The maximum absolute atomic E-state index is 5.85. The van der Waals surface area contributed by atoms with E-state index in [1.807, 2.05) is 42.5 Å². The minimum Gasteiger partial charge on any atom is -0.489 e. The Balaban J connectivity index is 1.11. The molecule has 4 aromatic rings. The van der Waals surface area contributed by atoms with Crippen LogP contribution in [-0.2, 0) is 13.2 Å². The molecule has 0 amide bonds. The van der Waals surface area contributed by atoms with Crippen molar-refractivity contribution < 1.29 is 13.7 Å². The number of likely N-dealkylation sites (tertiary alicyclic amines) is 1. The van der Waals surface area contributed by atoms with E-state index in [0.29, 0.717) is 24.1 Å². The van der Waals surface area contributed by atoms with Gasteiger partial charge in [-0.3, -0.25) is 4.90 Å². The van der Waals surface area contributed by atoms with Crippen molar-refractivity contribution in [3.63, 3.8) is 0 Å². The molecular formula is C23H21N3O3. The van der Waals surface area contributed by atoms with E-state index in [1.54, 1.807) is 6.26 Å². The van der Waals surface area contributed by atoms with E-state index in [1.165, 1.54) is 11.1 Å². The topological polar surface area (TPSA) is 64.5 Å². The van der Waals surface area contributed by atoms with Gasteiger partial charge >= 0.3 is 0 Å². The number of hydrogen-bond donors (Lipinski definition) is 0. The van der Waals surface area contributed by atoms with Crippen LogP contribution < -0.4 is 4.74 Å². The molecule has 6 nitrogen and oxygen atoms in total. The second-order valence-electron chi connectivity index (χ2n) is 7.24. The maximum Gasteiger partial charge on any atom is 0.238 e. The number of rotatable bonds is 7. The van der Waals surface area contributed by atoms with E-state index in [2.05, 4.69) is 39.3 Å². The Bertz CT molecular complexity index is 1040. The number of ether oxygens (including phenoxy) is 1. The Morgan fingerprint density at radius 1 is 0.931 bits per heavy atom. The lowest BCUT2D eigenvalue weighted by molar-refractivity contribution is 0.117. The zero-order valence-corrected chi connectivity index (χ0v) is 15.9. The average molecular weight is 387 g/mol. The maximum atomic E-state index is 5.85. The van der Waals surface area contributed by atoms with Crippen molar-refractivity contribution in [2.75, 3.05) is 13.1 Å². The zero-order chi connectivity index (χ0) is 19.5. The summed E-state index contributed by atoms with van der Waals surface area (Å²) in [6.45, 7) is 3.30. The Kier molecular flexibility index (Phi) is 4.84. The highest BCUT2D eigenvalue weighted by atomic mass is 16.5. The monoisotopic (exact) mass is 387 g/mol. The molecule has 146 valence electrons. The Labute approximate surface area is 168 Å². The molecule has 0 bridgehead atoms. The standard InChI is InChI=1S/C23H21N3O3/c1-2-5-18(6-3-1)16-28-20-10-8-17(9-11-20)13-26-14-19(15-26)23-24-22(25-29-23)21-7-4-12-27-21/h1-12,19H,13-16H2. The van der Waals surface area contributed by atoms with Crippen molar-refractivity contribution in [2.24, 2.45) is 0 Å². The van der Waals surface area contributed by atoms with E-state index < -0.39 is 0 Å². The van der Waals surface area contributed by atoms with Gasteiger partial charge in [0.2, 0.25) is 11.7 Å². The van der Waals surface area contributed by atoms with E-state index >= 15 is 0 Å². The van der Waals surface area contributed by atoms with Gasteiger partial charge in [0.25, 0.3) is 0 Å². The molecule has 3 heterocycles. The van der Waals surface area contributed by atoms with E-state index in [9.17, 15) is 0 Å². The quantitative estimate of drug-likeness (QED) is 0.465. The Morgan fingerprint density at radius 3 is 2.52 bits per heavy atom. The lowest BCUT2D eigenvalue weighted by Crippen LogP contribution is -2.44. The summed E-state index contributed by atoms with van der Waals surface area (Å²) in [4.78, 5) is 6.82. The van der Waals surface area contributed by atoms with Gasteiger partial charge in [-0.2, -0.15) is 4.98 Å². The summed E-state index contributed by atoms with van der Waals surface area (Å²) in [7, 11) is 0. The molecule has 1 aliphatic rings. The first-order valence-electron chi connectivity index (χ1n) is 9.69. The first-order chi connectivity index (χ1) is 14.3. The van der Waals surface area contributed by atoms with Crippen LogP contribution in [0.3, 0.4) is 0 Å². The lowest BCUT2D eigenvalue weighted by atomic mass is 9.99. The molecule has 0 atom stereocenters. The lowest BCUT2D eigenvalue weighted by Gasteiger charge is -2.37. The van der Waals surface area contributed by atoms with Crippen molar-refractivity contribution in [1.82, 2.24) is 15.0 Å². The van der Waals surface area contributed by atoms with Crippen molar-refractivity contribution >= 4 is 0 Å². The summed E-state index contributed by atoms with van der Waals surface area (Å²) < 4.78 is 16.6. The Hall–Kier alpha value is -3.38. The second kappa shape index (κ2) is 7.93. The predicted molar refractivity (Wildman–Crippen MR) is 107 cm³/mol. The minimum atomic E-state index is 0.277.